The Labute approximate surface area is 121 Å². The van der Waals surface area contributed by atoms with E-state index < -0.39 is 0 Å². The van der Waals surface area contributed by atoms with Gasteiger partial charge in [0.05, 0.1) is 0 Å². The molecule has 2 fully saturated rings. The largest absolute Gasteiger partial charge is 0.0622 e. The number of hydrogen-bond acceptors (Lipinski definition) is 0. The zero-order valence-electron chi connectivity index (χ0n) is 14.2. The molecule has 0 aromatic heterocycles. The maximum absolute atomic E-state index is 2.61. The van der Waals surface area contributed by atoms with E-state index in [0.717, 1.165) is 35.5 Å². The summed E-state index contributed by atoms with van der Waals surface area (Å²) >= 11 is 0. The average molecular weight is 264 g/mol. The summed E-state index contributed by atoms with van der Waals surface area (Å²) in [6.45, 7) is 15.3. The SMILES string of the molecule is CC1CCCC(C)C1C(C)(C)C1C(C)CCCC1C. The zero-order valence-corrected chi connectivity index (χ0v) is 14.2. The van der Waals surface area contributed by atoms with Gasteiger partial charge >= 0.3 is 0 Å². The second kappa shape index (κ2) is 5.78. The Bertz CT molecular complexity index is 242. The highest BCUT2D eigenvalue weighted by atomic mass is 14.5. The summed E-state index contributed by atoms with van der Waals surface area (Å²) in [5.74, 6) is 5.60. The van der Waals surface area contributed by atoms with Gasteiger partial charge in [0.1, 0.15) is 0 Å². The fourth-order valence-corrected chi connectivity index (χ4v) is 6.52. The molecular weight excluding hydrogens is 228 g/mol. The summed E-state index contributed by atoms with van der Waals surface area (Å²) in [6.07, 6.45) is 8.79. The molecule has 0 saturated heterocycles. The van der Waals surface area contributed by atoms with E-state index in [1.807, 2.05) is 0 Å². The Kier molecular flexibility index (Phi) is 4.68. The molecule has 0 spiro atoms. The van der Waals surface area contributed by atoms with Crippen LogP contribution in [-0.2, 0) is 0 Å². The third-order valence-corrected chi connectivity index (χ3v) is 6.81. The highest BCUT2D eigenvalue weighted by Crippen LogP contribution is 2.55. The number of hydrogen-bond donors (Lipinski definition) is 0. The van der Waals surface area contributed by atoms with Crippen LogP contribution in [0.4, 0.5) is 0 Å². The molecule has 0 radical (unpaired) electrons. The molecule has 0 N–H and O–H groups in total. The lowest BCUT2D eigenvalue weighted by Gasteiger charge is -2.54. The van der Waals surface area contributed by atoms with Gasteiger partial charge in [0, 0.05) is 0 Å². The molecule has 0 heterocycles. The van der Waals surface area contributed by atoms with Gasteiger partial charge in [-0.15, -0.1) is 0 Å². The summed E-state index contributed by atoms with van der Waals surface area (Å²) in [6, 6.07) is 0. The van der Waals surface area contributed by atoms with Crippen molar-refractivity contribution in [2.24, 2.45) is 40.9 Å². The van der Waals surface area contributed by atoms with Crippen LogP contribution in [0.5, 0.6) is 0 Å². The summed E-state index contributed by atoms with van der Waals surface area (Å²) in [7, 11) is 0. The smallest absolute Gasteiger partial charge is 0.0287 e. The Morgan fingerprint density at radius 1 is 0.579 bits per heavy atom. The third-order valence-electron chi connectivity index (χ3n) is 6.81. The first-order valence-electron chi connectivity index (χ1n) is 8.85. The van der Waals surface area contributed by atoms with Crippen molar-refractivity contribution < 1.29 is 0 Å². The molecule has 0 bridgehead atoms. The van der Waals surface area contributed by atoms with Crippen molar-refractivity contribution in [3.05, 3.63) is 0 Å². The van der Waals surface area contributed by atoms with E-state index >= 15 is 0 Å². The molecule has 0 aromatic carbocycles. The fourth-order valence-electron chi connectivity index (χ4n) is 6.52. The third kappa shape index (κ3) is 2.88. The van der Waals surface area contributed by atoms with Crippen molar-refractivity contribution in [1.29, 1.82) is 0 Å². The van der Waals surface area contributed by atoms with Crippen molar-refractivity contribution in [2.45, 2.75) is 80.1 Å². The number of rotatable bonds is 2. The predicted molar refractivity (Wildman–Crippen MR) is 85.1 cm³/mol. The van der Waals surface area contributed by atoms with Gasteiger partial charge in [0.2, 0.25) is 0 Å². The molecule has 2 saturated carbocycles. The minimum atomic E-state index is 0.526. The first kappa shape index (κ1) is 15.4. The van der Waals surface area contributed by atoms with Crippen LogP contribution in [0.25, 0.3) is 0 Å². The van der Waals surface area contributed by atoms with Crippen LogP contribution in [0, 0.1) is 40.9 Å². The minimum absolute atomic E-state index is 0.526. The van der Waals surface area contributed by atoms with E-state index in [1.54, 1.807) is 0 Å². The maximum Gasteiger partial charge on any atom is -0.0287 e. The lowest BCUT2D eigenvalue weighted by atomic mass is 9.51. The lowest BCUT2D eigenvalue weighted by Crippen LogP contribution is -2.47. The molecule has 19 heavy (non-hydrogen) atoms. The normalized spacial score (nSPS) is 45.2. The quantitative estimate of drug-likeness (QED) is 0.560. The average Bonchev–Trinajstić information content (AvgIpc) is 2.27. The van der Waals surface area contributed by atoms with Crippen LogP contribution in [0.2, 0.25) is 0 Å². The molecule has 4 unspecified atom stereocenters. The Morgan fingerprint density at radius 2 is 0.842 bits per heavy atom. The monoisotopic (exact) mass is 264 g/mol. The van der Waals surface area contributed by atoms with Gasteiger partial charge in [0.25, 0.3) is 0 Å². The Morgan fingerprint density at radius 3 is 1.11 bits per heavy atom. The Balaban J connectivity index is 2.23. The highest BCUT2D eigenvalue weighted by Gasteiger charge is 2.47. The molecule has 0 heteroatoms. The van der Waals surface area contributed by atoms with Crippen molar-refractivity contribution in [2.75, 3.05) is 0 Å². The van der Waals surface area contributed by atoms with Gasteiger partial charge in [-0.3, -0.25) is 0 Å². The van der Waals surface area contributed by atoms with Crippen molar-refractivity contribution >= 4 is 0 Å². The van der Waals surface area contributed by atoms with E-state index in [0.29, 0.717) is 5.41 Å². The van der Waals surface area contributed by atoms with Crippen molar-refractivity contribution in [3.63, 3.8) is 0 Å². The van der Waals surface area contributed by atoms with Crippen LogP contribution in [0.3, 0.4) is 0 Å². The minimum Gasteiger partial charge on any atom is -0.0622 e. The van der Waals surface area contributed by atoms with Crippen LogP contribution < -0.4 is 0 Å². The molecule has 2 aliphatic carbocycles. The first-order chi connectivity index (χ1) is 8.85. The summed E-state index contributed by atoms with van der Waals surface area (Å²) in [5.41, 5.74) is 0.526. The first-order valence-corrected chi connectivity index (χ1v) is 8.85. The van der Waals surface area contributed by atoms with E-state index in [-0.39, 0.29) is 0 Å². The Hall–Kier alpha value is 0. The molecule has 0 aromatic rings. The second-order valence-electron chi connectivity index (χ2n) is 8.64. The van der Waals surface area contributed by atoms with Gasteiger partial charge in [-0.25, -0.2) is 0 Å². The molecule has 0 aliphatic heterocycles. The summed E-state index contributed by atoms with van der Waals surface area (Å²) < 4.78 is 0. The molecule has 112 valence electrons. The molecular formula is C19H36. The molecule has 0 amide bonds. The van der Waals surface area contributed by atoms with Gasteiger partial charge in [-0.1, -0.05) is 80.1 Å². The van der Waals surface area contributed by atoms with E-state index in [1.165, 1.54) is 38.5 Å². The van der Waals surface area contributed by atoms with E-state index in [9.17, 15) is 0 Å². The summed E-state index contributed by atoms with van der Waals surface area (Å²) in [5, 5.41) is 0. The van der Waals surface area contributed by atoms with Crippen LogP contribution >= 0.6 is 0 Å². The molecule has 2 rings (SSSR count). The van der Waals surface area contributed by atoms with Gasteiger partial charge < -0.3 is 0 Å². The molecule has 4 atom stereocenters. The zero-order chi connectivity index (χ0) is 14.2. The van der Waals surface area contributed by atoms with E-state index in [2.05, 4.69) is 41.5 Å². The topological polar surface area (TPSA) is 0 Å². The van der Waals surface area contributed by atoms with Gasteiger partial charge in [-0.2, -0.15) is 0 Å². The van der Waals surface area contributed by atoms with Crippen LogP contribution in [0.1, 0.15) is 80.1 Å². The highest BCUT2D eigenvalue weighted by molar-refractivity contribution is 4.96. The standard InChI is InChI=1S/C19H36/c1-13-9-7-10-14(2)17(13)19(5,6)18-15(3)11-8-12-16(18)4/h13-18H,7-12H2,1-6H3. The predicted octanol–water partition coefficient (Wildman–Crippen LogP) is 6.16. The van der Waals surface area contributed by atoms with E-state index in [4.69, 9.17) is 0 Å². The van der Waals surface area contributed by atoms with Gasteiger partial charge in [0.15, 0.2) is 0 Å². The van der Waals surface area contributed by atoms with Crippen LogP contribution in [0.15, 0.2) is 0 Å². The van der Waals surface area contributed by atoms with Gasteiger partial charge in [-0.05, 0) is 40.9 Å². The fraction of sp³-hybridized carbons (Fsp3) is 1.00. The molecule has 2 aliphatic rings. The second-order valence-corrected chi connectivity index (χ2v) is 8.64. The lowest BCUT2D eigenvalue weighted by molar-refractivity contribution is -0.0496. The van der Waals surface area contributed by atoms with Crippen molar-refractivity contribution in [3.8, 4) is 0 Å². The van der Waals surface area contributed by atoms with Crippen LogP contribution in [-0.4, -0.2) is 0 Å². The molecule has 0 nitrogen and oxygen atoms in total. The maximum atomic E-state index is 2.61. The summed E-state index contributed by atoms with van der Waals surface area (Å²) in [4.78, 5) is 0. The van der Waals surface area contributed by atoms with Crippen molar-refractivity contribution in [1.82, 2.24) is 0 Å².